The van der Waals surface area contributed by atoms with E-state index < -0.39 is 11.6 Å². The molecule has 152 valence electrons. The van der Waals surface area contributed by atoms with Crippen LogP contribution in [0.25, 0.3) is 0 Å². The lowest BCUT2D eigenvalue weighted by Crippen LogP contribution is -2.28. The molecule has 0 saturated carbocycles. The van der Waals surface area contributed by atoms with Crippen molar-refractivity contribution in [3.63, 3.8) is 0 Å². The second-order valence-corrected chi connectivity index (χ2v) is 6.95. The minimum Gasteiger partial charge on any atom is -0.493 e. The number of carbonyl (C=O) groups is 1. The number of ether oxygens (including phenoxy) is 3. The van der Waals surface area contributed by atoms with Crippen molar-refractivity contribution in [1.29, 1.82) is 0 Å². The van der Waals surface area contributed by atoms with Gasteiger partial charge < -0.3 is 19.5 Å². The summed E-state index contributed by atoms with van der Waals surface area (Å²) in [5.74, 6) is -0.821. The number of amides is 1. The van der Waals surface area contributed by atoms with Crippen LogP contribution in [0.1, 0.15) is 18.5 Å². The van der Waals surface area contributed by atoms with Crippen LogP contribution in [-0.2, 0) is 9.53 Å². The maximum Gasteiger partial charge on any atom is 0.230 e. The minimum absolute atomic E-state index is 0.0881. The SMILES string of the molecule is COCCOc1ccc(C(C)NC(=O)CSc2ccc(F)c(F)c2)cc1OC. The first-order valence-electron chi connectivity index (χ1n) is 8.61. The van der Waals surface area contributed by atoms with Crippen LogP contribution in [0.2, 0.25) is 0 Å². The quantitative estimate of drug-likeness (QED) is 0.474. The van der Waals surface area contributed by atoms with Crippen LogP contribution in [0.3, 0.4) is 0 Å². The van der Waals surface area contributed by atoms with E-state index in [0.717, 1.165) is 29.5 Å². The Morgan fingerprint density at radius 3 is 2.54 bits per heavy atom. The van der Waals surface area contributed by atoms with E-state index in [1.54, 1.807) is 26.4 Å². The average Bonchev–Trinajstić information content (AvgIpc) is 2.69. The maximum atomic E-state index is 13.2. The highest BCUT2D eigenvalue weighted by Crippen LogP contribution is 2.30. The van der Waals surface area contributed by atoms with Gasteiger partial charge in [-0.05, 0) is 42.8 Å². The van der Waals surface area contributed by atoms with Crippen LogP contribution < -0.4 is 14.8 Å². The second-order valence-electron chi connectivity index (χ2n) is 5.91. The molecule has 0 spiro atoms. The van der Waals surface area contributed by atoms with Gasteiger partial charge in [-0.3, -0.25) is 4.79 Å². The first kappa shape index (κ1) is 22.0. The van der Waals surface area contributed by atoms with Crippen molar-refractivity contribution in [2.24, 2.45) is 0 Å². The van der Waals surface area contributed by atoms with Crippen molar-refractivity contribution in [3.8, 4) is 11.5 Å². The number of nitrogens with one attached hydrogen (secondary N) is 1. The molecular weight excluding hydrogens is 388 g/mol. The average molecular weight is 411 g/mol. The molecule has 2 aromatic carbocycles. The Kier molecular flexibility index (Phi) is 8.53. The Morgan fingerprint density at radius 2 is 1.86 bits per heavy atom. The third-order valence-electron chi connectivity index (χ3n) is 3.87. The lowest BCUT2D eigenvalue weighted by Gasteiger charge is -2.17. The van der Waals surface area contributed by atoms with Crippen LogP contribution in [-0.4, -0.2) is 39.1 Å². The standard InChI is InChI=1S/C20H23F2NO4S/c1-13(14-4-7-18(19(10-14)26-3)27-9-8-25-2)23-20(24)12-28-15-5-6-16(21)17(22)11-15/h4-7,10-11,13H,8-9,12H2,1-3H3,(H,23,24). The molecular formula is C20H23F2NO4S. The van der Waals surface area contributed by atoms with Crippen molar-refractivity contribution in [2.75, 3.05) is 33.2 Å². The van der Waals surface area contributed by atoms with Crippen LogP contribution in [0.4, 0.5) is 8.78 Å². The van der Waals surface area contributed by atoms with Gasteiger partial charge in [0.15, 0.2) is 23.1 Å². The predicted molar refractivity (Wildman–Crippen MR) is 104 cm³/mol. The number of carbonyl (C=O) groups excluding carboxylic acids is 1. The third kappa shape index (κ3) is 6.38. The van der Waals surface area contributed by atoms with Gasteiger partial charge in [0.2, 0.25) is 5.91 Å². The molecule has 0 bridgehead atoms. The summed E-state index contributed by atoms with van der Waals surface area (Å²) in [6, 6.07) is 8.72. The molecule has 0 aliphatic carbocycles. The van der Waals surface area contributed by atoms with E-state index in [9.17, 15) is 13.6 Å². The summed E-state index contributed by atoms with van der Waals surface area (Å²) in [4.78, 5) is 12.7. The predicted octanol–water partition coefficient (Wildman–Crippen LogP) is 3.97. The number of rotatable bonds is 10. The van der Waals surface area contributed by atoms with Crippen molar-refractivity contribution in [1.82, 2.24) is 5.32 Å². The molecule has 1 unspecified atom stereocenters. The fraction of sp³-hybridized carbons (Fsp3) is 0.350. The van der Waals surface area contributed by atoms with Gasteiger partial charge >= 0.3 is 0 Å². The van der Waals surface area contributed by atoms with Crippen molar-refractivity contribution in [3.05, 3.63) is 53.6 Å². The Labute approximate surface area is 167 Å². The lowest BCUT2D eigenvalue weighted by atomic mass is 10.1. The molecule has 2 aromatic rings. The van der Waals surface area contributed by atoms with Crippen LogP contribution in [0.15, 0.2) is 41.3 Å². The number of benzene rings is 2. The summed E-state index contributed by atoms with van der Waals surface area (Å²) in [5, 5.41) is 2.87. The normalized spacial score (nSPS) is 11.8. The van der Waals surface area contributed by atoms with Gasteiger partial charge in [-0.15, -0.1) is 11.8 Å². The molecule has 0 aliphatic rings. The molecule has 2 rings (SSSR count). The molecule has 0 fully saturated rings. The van der Waals surface area contributed by atoms with Gasteiger partial charge in [0.25, 0.3) is 0 Å². The van der Waals surface area contributed by atoms with Crippen LogP contribution >= 0.6 is 11.8 Å². The Balaban J connectivity index is 1.92. The summed E-state index contributed by atoms with van der Waals surface area (Å²) < 4.78 is 42.1. The Hall–Kier alpha value is -2.32. The zero-order valence-corrected chi connectivity index (χ0v) is 16.8. The lowest BCUT2D eigenvalue weighted by molar-refractivity contribution is -0.119. The molecule has 1 N–H and O–H groups in total. The zero-order chi connectivity index (χ0) is 20.5. The van der Waals surface area contributed by atoms with E-state index in [-0.39, 0.29) is 17.7 Å². The molecule has 5 nitrogen and oxygen atoms in total. The highest BCUT2D eigenvalue weighted by molar-refractivity contribution is 8.00. The number of methoxy groups -OCH3 is 2. The summed E-state index contributed by atoms with van der Waals surface area (Å²) >= 11 is 1.13. The molecule has 1 amide bonds. The highest BCUT2D eigenvalue weighted by Gasteiger charge is 2.14. The number of hydrogen-bond donors (Lipinski definition) is 1. The van der Waals surface area contributed by atoms with Gasteiger partial charge in [-0.1, -0.05) is 6.07 Å². The molecule has 28 heavy (non-hydrogen) atoms. The number of hydrogen-bond acceptors (Lipinski definition) is 5. The molecule has 0 radical (unpaired) electrons. The zero-order valence-electron chi connectivity index (χ0n) is 16.0. The molecule has 0 aromatic heterocycles. The topological polar surface area (TPSA) is 56.8 Å². The molecule has 0 saturated heterocycles. The van der Waals surface area contributed by atoms with Crippen molar-refractivity contribution in [2.45, 2.75) is 17.9 Å². The third-order valence-corrected chi connectivity index (χ3v) is 4.86. The Bertz CT molecular complexity index is 804. The summed E-state index contributed by atoms with van der Waals surface area (Å²) in [7, 11) is 3.14. The molecule has 8 heteroatoms. The van der Waals surface area contributed by atoms with Gasteiger partial charge in [-0.2, -0.15) is 0 Å². The van der Waals surface area contributed by atoms with E-state index >= 15 is 0 Å². The van der Waals surface area contributed by atoms with Gasteiger partial charge in [0.1, 0.15) is 6.61 Å². The van der Waals surface area contributed by atoms with Gasteiger partial charge in [0.05, 0.1) is 25.5 Å². The molecule has 0 heterocycles. The van der Waals surface area contributed by atoms with E-state index in [0.29, 0.717) is 29.6 Å². The Morgan fingerprint density at radius 1 is 1.07 bits per heavy atom. The second kappa shape index (κ2) is 10.9. The first-order chi connectivity index (χ1) is 13.4. The molecule has 0 aliphatic heterocycles. The van der Waals surface area contributed by atoms with E-state index in [4.69, 9.17) is 14.2 Å². The number of thioether (sulfide) groups is 1. The minimum atomic E-state index is -0.932. The fourth-order valence-corrected chi connectivity index (χ4v) is 3.12. The van der Waals surface area contributed by atoms with E-state index in [2.05, 4.69) is 5.32 Å². The smallest absolute Gasteiger partial charge is 0.230 e. The highest BCUT2D eigenvalue weighted by atomic mass is 32.2. The molecule has 1 atom stereocenters. The summed E-state index contributed by atoms with van der Waals surface area (Å²) in [5.41, 5.74) is 0.849. The van der Waals surface area contributed by atoms with Crippen LogP contribution in [0, 0.1) is 11.6 Å². The fourth-order valence-electron chi connectivity index (χ4n) is 2.39. The van der Waals surface area contributed by atoms with Gasteiger partial charge in [-0.25, -0.2) is 8.78 Å². The summed E-state index contributed by atoms with van der Waals surface area (Å²) in [6.07, 6.45) is 0. The number of halogens is 2. The summed E-state index contributed by atoms with van der Waals surface area (Å²) in [6.45, 7) is 2.72. The van der Waals surface area contributed by atoms with Crippen molar-refractivity contribution < 1.29 is 27.8 Å². The first-order valence-corrected chi connectivity index (χ1v) is 9.60. The van der Waals surface area contributed by atoms with Crippen molar-refractivity contribution >= 4 is 17.7 Å². The van der Waals surface area contributed by atoms with Crippen LogP contribution in [0.5, 0.6) is 11.5 Å². The monoisotopic (exact) mass is 411 g/mol. The van der Waals surface area contributed by atoms with E-state index in [1.165, 1.54) is 6.07 Å². The van der Waals surface area contributed by atoms with Gasteiger partial charge in [0, 0.05) is 12.0 Å². The largest absolute Gasteiger partial charge is 0.493 e. The van der Waals surface area contributed by atoms with E-state index in [1.807, 2.05) is 13.0 Å². The maximum absolute atomic E-state index is 13.2.